The average Bonchev–Trinajstić information content (AvgIpc) is 2.17. The fourth-order valence-corrected chi connectivity index (χ4v) is 1.49. The van der Waals surface area contributed by atoms with Crippen molar-refractivity contribution in [2.45, 2.75) is 26.8 Å². The summed E-state index contributed by atoms with van der Waals surface area (Å²) in [6, 6.07) is 4.00. The quantitative estimate of drug-likeness (QED) is 0.794. The Morgan fingerprint density at radius 1 is 1.53 bits per heavy atom. The van der Waals surface area contributed by atoms with Gasteiger partial charge in [-0.2, -0.15) is 0 Å². The maximum atomic E-state index is 5.80. The number of rotatable bonds is 4. The number of aromatic nitrogens is 1. The van der Waals surface area contributed by atoms with E-state index in [1.807, 2.05) is 12.1 Å². The van der Waals surface area contributed by atoms with Crippen LogP contribution in [-0.2, 0) is 0 Å². The van der Waals surface area contributed by atoms with Gasteiger partial charge in [-0.1, -0.05) is 30.2 Å². The first-order chi connectivity index (χ1) is 7.13. The lowest BCUT2D eigenvalue weighted by atomic mass is 10.1. The summed E-state index contributed by atoms with van der Waals surface area (Å²) in [6.07, 6.45) is 3.85. The third-order valence-electron chi connectivity index (χ3n) is 1.99. The second kappa shape index (κ2) is 5.89. The van der Waals surface area contributed by atoms with E-state index < -0.39 is 0 Å². The highest BCUT2D eigenvalue weighted by molar-refractivity contribution is 6.30. The number of likely N-dealkylation sites (N-methyl/N-ethyl adjacent to an activating group) is 1. The molecule has 1 aromatic rings. The fourth-order valence-electron chi connectivity index (χ4n) is 1.37. The number of pyridine rings is 1. The summed E-state index contributed by atoms with van der Waals surface area (Å²) < 4.78 is 0. The molecule has 0 amide bonds. The van der Waals surface area contributed by atoms with Gasteiger partial charge in [0, 0.05) is 6.20 Å². The summed E-state index contributed by atoms with van der Waals surface area (Å²) in [6.45, 7) is 7.17. The highest BCUT2D eigenvalue weighted by Gasteiger charge is 2.07. The molecule has 0 bridgehead atoms. The van der Waals surface area contributed by atoms with E-state index in [-0.39, 0.29) is 6.04 Å². The van der Waals surface area contributed by atoms with Gasteiger partial charge in [-0.3, -0.25) is 4.98 Å². The van der Waals surface area contributed by atoms with Gasteiger partial charge in [0.15, 0.2) is 0 Å². The Balaban J connectivity index is 2.88. The van der Waals surface area contributed by atoms with Gasteiger partial charge < -0.3 is 5.32 Å². The predicted octanol–water partition coefficient (Wildman–Crippen LogP) is 3.35. The monoisotopic (exact) mass is 224 g/mol. The van der Waals surface area contributed by atoms with E-state index in [2.05, 4.69) is 37.1 Å². The van der Waals surface area contributed by atoms with Crippen LogP contribution in [0.25, 0.3) is 0 Å². The van der Waals surface area contributed by atoms with Crippen molar-refractivity contribution in [1.29, 1.82) is 0 Å². The van der Waals surface area contributed by atoms with Crippen LogP contribution in [0, 0.1) is 0 Å². The third-order valence-corrected chi connectivity index (χ3v) is 2.22. The van der Waals surface area contributed by atoms with Crippen molar-refractivity contribution in [3.05, 3.63) is 40.7 Å². The fraction of sp³-hybridized carbons (Fsp3) is 0.417. The van der Waals surface area contributed by atoms with E-state index in [0.717, 1.165) is 12.2 Å². The molecule has 0 aromatic carbocycles. The largest absolute Gasteiger partial charge is 0.306 e. The van der Waals surface area contributed by atoms with E-state index in [0.29, 0.717) is 5.02 Å². The lowest BCUT2D eigenvalue weighted by molar-refractivity contribution is 0.629. The molecular formula is C12H17ClN2. The third kappa shape index (κ3) is 4.02. The van der Waals surface area contributed by atoms with E-state index in [9.17, 15) is 0 Å². The van der Waals surface area contributed by atoms with Crippen LogP contribution < -0.4 is 5.32 Å². The van der Waals surface area contributed by atoms with Gasteiger partial charge in [-0.05, 0) is 32.5 Å². The standard InChI is InChI=1S/C12H17ClN2/c1-4-14-12(7-9(2)3)11-6-5-10(13)8-15-11/h5-8,12,14H,4H2,1-3H3. The summed E-state index contributed by atoms with van der Waals surface area (Å²) in [4.78, 5) is 4.31. The molecular weight excluding hydrogens is 208 g/mol. The lowest BCUT2D eigenvalue weighted by Gasteiger charge is -2.13. The molecule has 1 aromatic heterocycles. The Kier molecular flexibility index (Phi) is 4.79. The van der Waals surface area contributed by atoms with Crippen molar-refractivity contribution >= 4 is 11.6 Å². The van der Waals surface area contributed by atoms with Crippen LogP contribution in [0.3, 0.4) is 0 Å². The molecule has 0 aliphatic carbocycles. The predicted molar refractivity (Wildman–Crippen MR) is 65.1 cm³/mol. The molecule has 0 fully saturated rings. The van der Waals surface area contributed by atoms with Crippen LogP contribution in [-0.4, -0.2) is 11.5 Å². The lowest BCUT2D eigenvalue weighted by Crippen LogP contribution is -2.20. The first-order valence-corrected chi connectivity index (χ1v) is 5.51. The molecule has 15 heavy (non-hydrogen) atoms. The van der Waals surface area contributed by atoms with Crippen molar-refractivity contribution in [3.63, 3.8) is 0 Å². The molecule has 82 valence electrons. The summed E-state index contributed by atoms with van der Waals surface area (Å²) in [5.74, 6) is 0. The van der Waals surface area contributed by atoms with Crippen LogP contribution in [0.15, 0.2) is 30.0 Å². The Morgan fingerprint density at radius 3 is 2.73 bits per heavy atom. The second-order valence-corrected chi connectivity index (χ2v) is 4.12. The number of hydrogen-bond acceptors (Lipinski definition) is 2. The van der Waals surface area contributed by atoms with Gasteiger partial charge in [0.1, 0.15) is 0 Å². The Hall–Kier alpha value is -0.860. The molecule has 0 aliphatic heterocycles. The molecule has 0 radical (unpaired) electrons. The van der Waals surface area contributed by atoms with Crippen LogP contribution in [0.1, 0.15) is 32.5 Å². The van der Waals surface area contributed by atoms with Crippen LogP contribution in [0.2, 0.25) is 5.02 Å². The normalized spacial score (nSPS) is 12.3. The van der Waals surface area contributed by atoms with Crippen molar-refractivity contribution in [2.75, 3.05) is 6.54 Å². The maximum absolute atomic E-state index is 5.80. The number of hydrogen-bond donors (Lipinski definition) is 1. The SMILES string of the molecule is CCNC(C=C(C)C)c1ccc(Cl)cn1. The number of nitrogens with one attached hydrogen (secondary N) is 1. The van der Waals surface area contributed by atoms with Crippen molar-refractivity contribution < 1.29 is 0 Å². The Labute approximate surface area is 96.4 Å². The summed E-state index contributed by atoms with van der Waals surface area (Å²) in [5, 5.41) is 4.04. The molecule has 0 spiro atoms. The first kappa shape index (κ1) is 12.2. The molecule has 0 saturated heterocycles. The molecule has 1 N–H and O–H groups in total. The number of allylic oxidation sites excluding steroid dienone is 1. The van der Waals surface area contributed by atoms with Gasteiger partial charge in [0.05, 0.1) is 16.8 Å². The number of nitrogens with zero attached hydrogens (tertiary/aromatic N) is 1. The van der Waals surface area contributed by atoms with E-state index >= 15 is 0 Å². The second-order valence-electron chi connectivity index (χ2n) is 3.68. The number of halogens is 1. The minimum absolute atomic E-state index is 0.178. The van der Waals surface area contributed by atoms with Gasteiger partial charge in [-0.25, -0.2) is 0 Å². The van der Waals surface area contributed by atoms with Crippen molar-refractivity contribution in [1.82, 2.24) is 10.3 Å². The molecule has 1 heterocycles. The molecule has 1 unspecified atom stereocenters. The van der Waals surface area contributed by atoms with Gasteiger partial charge in [0.25, 0.3) is 0 Å². The summed E-state index contributed by atoms with van der Waals surface area (Å²) >= 11 is 5.80. The topological polar surface area (TPSA) is 24.9 Å². The van der Waals surface area contributed by atoms with Crippen LogP contribution in [0.5, 0.6) is 0 Å². The first-order valence-electron chi connectivity index (χ1n) is 5.13. The highest BCUT2D eigenvalue weighted by atomic mass is 35.5. The zero-order valence-corrected chi connectivity index (χ0v) is 10.2. The average molecular weight is 225 g/mol. The van der Waals surface area contributed by atoms with Crippen molar-refractivity contribution in [2.24, 2.45) is 0 Å². The zero-order valence-electron chi connectivity index (χ0n) is 9.42. The molecule has 3 heteroatoms. The molecule has 0 aliphatic rings. The summed E-state index contributed by atoms with van der Waals surface area (Å²) in [7, 11) is 0. The van der Waals surface area contributed by atoms with E-state index in [1.54, 1.807) is 6.20 Å². The Morgan fingerprint density at radius 2 is 2.27 bits per heavy atom. The smallest absolute Gasteiger partial charge is 0.0683 e. The minimum Gasteiger partial charge on any atom is -0.306 e. The van der Waals surface area contributed by atoms with Gasteiger partial charge in [-0.15, -0.1) is 0 Å². The van der Waals surface area contributed by atoms with Crippen LogP contribution in [0.4, 0.5) is 0 Å². The van der Waals surface area contributed by atoms with Crippen molar-refractivity contribution in [3.8, 4) is 0 Å². The van der Waals surface area contributed by atoms with E-state index in [4.69, 9.17) is 11.6 Å². The molecule has 2 nitrogen and oxygen atoms in total. The van der Waals surface area contributed by atoms with E-state index in [1.165, 1.54) is 5.57 Å². The van der Waals surface area contributed by atoms with Gasteiger partial charge in [0.2, 0.25) is 0 Å². The van der Waals surface area contributed by atoms with Gasteiger partial charge >= 0.3 is 0 Å². The Bertz CT molecular complexity index is 326. The molecule has 0 saturated carbocycles. The minimum atomic E-state index is 0.178. The zero-order chi connectivity index (χ0) is 11.3. The highest BCUT2D eigenvalue weighted by Crippen LogP contribution is 2.15. The summed E-state index contributed by atoms with van der Waals surface area (Å²) in [5.41, 5.74) is 2.28. The van der Waals surface area contributed by atoms with Crippen LogP contribution >= 0.6 is 11.6 Å². The maximum Gasteiger partial charge on any atom is 0.0683 e. The molecule has 1 rings (SSSR count). The molecule has 1 atom stereocenters.